The summed E-state index contributed by atoms with van der Waals surface area (Å²) in [6.07, 6.45) is 1.36. The number of ether oxygens (including phenoxy) is 1. The highest BCUT2D eigenvalue weighted by Crippen LogP contribution is 2.32. The summed E-state index contributed by atoms with van der Waals surface area (Å²) in [5.41, 5.74) is 4.78. The molecule has 0 aliphatic rings. The lowest BCUT2D eigenvalue weighted by Gasteiger charge is -2.13. The summed E-state index contributed by atoms with van der Waals surface area (Å²) in [5, 5.41) is 26.4. The van der Waals surface area contributed by atoms with Crippen LogP contribution in [0.5, 0.6) is 11.5 Å². The zero-order valence-corrected chi connectivity index (χ0v) is 22.5. The maximum Gasteiger partial charge on any atom is 0.253 e. The van der Waals surface area contributed by atoms with E-state index in [1.54, 1.807) is 19.1 Å². The average Bonchev–Trinajstić information content (AvgIpc) is 3.32. The topological polar surface area (TPSA) is 114 Å². The van der Waals surface area contributed by atoms with Crippen molar-refractivity contribution < 1.29 is 14.6 Å². The van der Waals surface area contributed by atoms with E-state index in [1.165, 1.54) is 25.1 Å². The fraction of sp³-hybridized carbons (Fsp3) is 0.154. The minimum absolute atomic E-state index is 0.0706. The Hall–Kier alpha value is -3.83. The Morgan fingerprint density at radius 2 is 1.86 bits per heavy atom. The molecule has 1 aromatic heterocycles. The summed E-state index contributed by atoms with van der Waals surface area (Å²) in [5.74, 6) is 0.610. The van der Waals surface area contributed by atoms with Crippen molar-refractivity contribution in [3.05, 3.63) is 88.7 Å². The third kappa shape index (κ3) is 6.69. The van der Waals surface area contributed by atoms with Gasteiger partial charge in [0.05, 0.1) is 25.1 Å². The number of carbonyl (C=O) groups is 1. The first kappa shape index (κ1) is 26.2. The minimum atomic E-state index is -0.524. The zero-order valence-electron chi connectivity index (χ0n) is 20.1. The molecule has 0 fully saturated rings. The molecule has 190 valence electrons. The van der Waals surface area contributed by atoms with Crippen molar-refractivity contribution in [2.24, 2.45) is 5.10 Å². The second-order valence-corrected chi connectivity index (χ2v) is 10.1. The minimum Gasteiger partial charge on any atom is -0.504 e. The van der Waals surface area contributed by atoms with Crippen LogP contribution in [0.15, 0.2) is 87.5 Å². The van der Waals surface area contributed by atoms with Gasteiger partial charge in [0.2, 0.25) is 0 Å². The Balaban J connectivity index is 1.47. The normalized spacial score (nSPS) is 11.9. The van der Waals surface area contributed by atoms with Crippen LogP contribution in [0.2, 0.25) is 0 Å². The van der Waals surface area contributed by atoms with Gasteiger partial charge in [-0.3, -0.25) is 9.36 Å². The molecule has 1 heterocycles. The van der Waals surface area contributed by atoms with Crippen LogP contribution in [0.3, 0.4) is 0 Å². The number of phenols is 1. The lowest BCUT2D eigenvalue weighted by atomic mass is 10.2. The fourth-order valence-electron chi connectivity index (χ4n) is 3.38. The first-order valence-corrected chi connectivity index (χ1v) is 13.0. The fourth-order valence-corrected chi connectivity index (χ4v) is 4.72. The van der Waals surface area contributed by atoms with Crippen LogP contribution in [-0.4, -0.2) is 44.4 Å². The molecule has 9 nitrogen and oxygen atoms in total. The first-order chi connectivity index (χ1) is 18.0. The number of hydrogen-bond donors (Lipinski definition) is 3. The van der Waals surface area contributed by atoms with E-state index in [2.05, 4.69) is 42.0 Å². The summed E-state index contributed by atoms with van der Waals surface area (Å²) in [4.78, 5) is 12.8. The molecule has 0 spiro atoms. The molecule has 37 heavy (non-hydrogen) atoms. The number of anilines is 1. The summed E-state index contributed by atoms with van der Waals surface area (Å²) in [6, 6.07) is 22.9. The van der Waals surface area contributed by atoms with E-state index in [9.17, 15) is 9.90 Å². The van der Waals surface area contributed by atoms with Crippen molar-refractivity contribution >= 4 is 45.5 Å². The van der Waals surface area contributed by atoms with Gasteiger partial charge in [0.15, 0.2) is 22.5 Å². The van der Waals surface area contributed by atoms with Gasteiger partial charge >= 0.3 is 0 Å². The number of rotatable bonds is 10. The van der Waals surface area contributed by atoms with Crippen molar-refractivity contribution in [1.82, 2.24) is 20.2 Å². The second-order valence-electron chi connectivity index (χ2n) is 7.83. The number of amides is 1. The first-order valence-electron chi connectivity index (χ1n) is 11.3. The van der Waals surface area contributed by atoms with Gasteiger partial charge in [-0.2, -0.15) is 5.10 Å². The Labute approximate surface area is 227 Å². The van der Waals surface area contributed by atoms with Crippen LogP contribution in [0.1, 0.15) is 18.3 Å². The zero-order chi connectivity index (χ0) is 26.2. The van der Waals surface area contributed by atoms with Crippen molar-refractivity contribution in [2.75, 3.05) is 12.4 Å². The van der Waals surface area contributed by atoms with Gasteiger partial charge < -0.3 is 15.2 Å². The predicted octanol–water partition coefficient (Wildman–Crippen LogP) is 4.99. The van der Waals surface area contributed by atoms with Gasteiger partial charge in [-0.25, -0.2) is 5.43 Å². The highest BCUT2D eigenvalue weighted by Gasteiger charge is 2.21. The van der Waals surface area contributed by atoms with E-state index < -0.39 is 5.25 Å². The van der Waals surface area contributed by atoms with Crippen molar-refractivity contribution in [2.45, 2.75) is 23.9 Å². The Kier molecular flexibility index (Phi) is 8.81. The Morgan fingerprint density at radius 3 is 2.57 bits per heavy atom. The molecule has 11 heteroatoms. The van der Waals surface area contributed by atoms with Gasteiger partial charge in [-0.15, -0.1) is 10.2 Å². The summed E-state index contributed by atoms with van der Waals surface area (Å²) in [6.45, 7) is 2.22. The molecule has 0 saturated heterocycles. The van der Waals surface area contributed by atoms with Gasteiger partial charge in [0, 0.05) is 21.4 Å². The number of hydrogen-bond acceptors (Lipinski definition) is 8. The van der Waals surface area contributed by atoms with Crippen LogP contribution in [-0.2, 0) is 11.3 Å². The number of halogens is 1. The summed E-state index contributed by atoms with van der Waals surface area (Å²) in [7, 11) is 1.46. The van der Waals surface area contributed by atoms with Gasteiger partial charge in [0.1, 0.15) is 0 Å². The molecule has 3 aromatic carbocycles. The third-order valence-electron chi connectivity index (χ3n) is 5.26. The number of benzene rings is 3. The van der Waals surface area contributed by atoms with E-state index in [4.69, 9.17) is 4.74 Å². The number of aromatic hydroxyl groups is 1. The third-order valence-corrected chi connectivity index (χ3v) is 6.76. The molecule has 0 aliphatic heterocycles. The largest absolute Gasteiger partial charge is 0.504 e. The van der Waals surface area contributed by atoms with Crippen molar-refractivity contribution in [3.63, 3.8) is 0 Å². The molecule has 4 aromatic rings. The summed E-state index contributed by atoms with van der Waals surface area (Å²) >= 11 is 4.63. The predicted molar refractivity (Wildman–Crippen MR) is 149 cm³/mol. The lowest BCUT2D eigenvalue weighted by molar-refractivity contribution is -0.120. The molecule has 1 amide bonds. The maximum atomic E-state index is 12.8. The number of para-hydroxylation sites is 2. The van der Waals surface area contributed by atoms with E-state index in [0.717, 1.165) is 11.4 Å². The van der Waals surface area contributed by atoms with E-state index in [1.807, 2.05) is 65.2 Å². The van der Waals surface area contributed by atoms with Crippen LogP contribution >= 0.6 is 27.7 Å². The number of carbonyl (C=O) groups excluding carboxylic acids is 1. The smallest absolute Gasteiger partial charge is 0.253 e. The second kappa shape index (κ2) is 12.4. The van der Waals surface area contributed by atoms with E-state index in [0.29, 0.717) is 33.3 Å². The van der Waals surface area contributed by atoms with E-state index >= 15 is 0 Å². The molecular formula is C26H25BrN6O3S. The molecule has 0 aliphatic carbocycles. The summed E-state index contributed by atoms with van der Waals surface area (Å²) < 4.78 is 7.77. The van der Waals surface area contributed by atoms with Gasteiger partial charge in [-0.1, -0.05) is 64.1 Å². The molecule has 1 atom stereocenters. The maximum absolute atomic E-state index is 12.8. The number of methoxy groups -OCH3 is 1. The van der Waals surface area contributed by atoms with Crippen LogP contribution < -0.4 is 15.5 Å². The van der Waals surface area contributed by atoms with Crippen LogP contribution in [0, 0.1) is 0 Å². The Bertz CT molecular complexity index is 1380. The number of aromatic nitrogens is 3. The molecule has 0 radical (unpaired) electrons. The lowest BCUT2D eigenvalue weighted by Crippen LogP contribution is -2.27. The number of nitrogens with one attached hydrogen (secondary N) is 2. The highest BCUT2D eigenvalue weighted by molar-refractivity contribution is 9.10. The molecule has 4 rings (SSSR count). The molecule has 0 saturated carbocycles. The number of hydrazone groups is 1. The SMILES string of the molecule is COc1cc(Br)cc(C=NNC(=O)C(C)Sc2nnc(CNc3ccccc3)n2-c2ccccc2)c1O. The van der Waals surface area contributed by atoms with E-state index in [-0.39, 0.29) is 11.7 Å². The quantitative estimate of drug-likeness (QED) is 0.137. The molecule has 1 unspecified atom stereocenters. The van der Waals surface area contributed by atoms with Gasteiger partial charge in [-0.05, 0) is 43.3 Å². The molecule has 3 N–H and O–H groups in total. The average molecular weight is 581 g/mol. The number of nitrogens with zero attached hydrogens (tertiary/aromatic N) is 4. The highest BCUT2D eigenvalue weighted by atomic mass is 79.9. The molecular weight excluding hydrogens is 556 g/mol. The number of thioether (sulfide) groups is 1. The van der Waals surface area contributed by atoms with Gasteiger partial charge in [0.25, 0.3) is 5.91 Å². The van der Waals surface area contributed by atoms with Crippen molar-refractivity contribution in [1.29, 1.82) is 0 Å². The van der Waals surface area contributed by atoms with Crippen molar-refractivity contribution in [3.8, 4) is 17.2 Å². The number of phenolic OH excluding ortho intramolecular Hbond substituents is 1. The van der Waals surface area contributed by atoms with Crippen LogP contribution in [0.4, 0.5) is 5.69 Å². The Morgan fingerprint density at radius 1 is 1.16 bits per heavy atom. The standard InChI is InChI=1S/C26H25BrN6O3S/c1-17(25(35)31-29-15-18-13-19(27)14-22(36-2)24(18)34)37-26-32-30-23(16-28-20-9-5-3-6-10-20)33(26)21-11-7-4-8-12-21/h3-15,17,28,34H,16H2,1-2H3,(H,31,35). The van der Waals surface area contributed by atoms with Crippen LogP contribution in [0.25, 0.3) is 5.69 Å². The molecule has 0 bridgehead atoms. The monoisotopic (exact) mass is 580 g/mol.